The van der Waals surface area contributed by atoms with E-state index < -0.39 is 54.6 Å². The highest BCUT2D eigenvalue weighted by atomic mass is 32.5. The molecule has 5 rings (SSSR count). The number of nitrogens with zero attached hydrogens (tertiary/aromatic N) is 3. The van der Waals surface area contributed by atoms with Crippen LogP contribution >= 0.6 is 18.9 Å². The van der Waals surface area contributed by atoms with Crippen molar-refractivity contribution >= 4 is 47.9 Å². The fraction of sp³-hybridized carbons (Fsp3) is 0.450. The fourth-order valence-electron chi connectivity index (χ4n) is 4.29. The predicted octanol–water partition coefficient (Wildman–Crippen LogP) is 0.269. The zero-order valence-electron chi connectivity index (χ0n) is 20.1. The Labute approximate surface area is 228 Å². The average Bonchev–Trinajstić information content (AvgIpc) is 3.56. The number of aliphatic hydroxyl groups excluding tert-OH is 1. The molecule has 1 fully saturated rings. The third kappa shape index (κ3) is 5.59. The van der Waals surface area contributed by atoms with Gasteiger partial charge in [0.05, 0.1) is 18.9 Å². The number of rotatable bonds is 8. The van der Waals surface area contributed by atoms with E-state index in [2.05, 4.69) is 15.0 Å². The summed E-state index contributed by atoms with van der Waals surface area (Å²) in [6, 6.07) is 0. The van der Waals surface area contributed by atoms with Crippen LogP contribution in [0.2, 0.25) is 0 Å². The number of nitrogen functional groups attached to an aromatic ring is 1. The zero-order valence-corrected chi connectivity index (χ0v) is 22.7. The molecule has 2 aliphatic heterocycles. The van der Waals surface area contributed by atoms with Crippen molar-refractivity contribution in [1.29, 1.82) is 0 Å². The second kappa shape index (κ2) is 10.6. The highest BCUT2D eigenvalue weighted by Crippen LogP contribution is 2.49. The maximum atomic E-state index is 13.7. The molecule has 7 N–H and O–H groups in total. The molecule has 3 aromatic heterocycles. The first-order chi connectivity index (χ1) is 18.5. The van der Waals surface area contributed by atoms with Crippen LogP contribution in [0.3, 0.4) is 0 Å². The molecule has 0 spiro atoms. The molecule has 0 aromatic carbocycles. The number of aromatic nitrogens is 6. The van der Waals surface area contributed by atoms with E-state index in [1.54, 1.807) is 17.0 Å². The lowest BCUT2D eigenvalue weighted by atomic mass is 10.2. The van der Waals surface area contributed by atoms with E-state index in [0.717, 1.165) is 4.57 Å². The van der Waals surface area contributed by atoms with Crippen molar-refractivity contribution in [2.75, 3.05) is 12.3 Å². The van der Waals surface area contributed by atoms with Gasteiger partial charge in [0.2, 0.25) is 17.6 Å². The van der Waals surface area contributed by atoms with Crippen LogP contribution in [0.25, 0.3) is 11.2 Å². The molecule has 210 valence electrons. The largest absolute Gasteiger partial charge is 0.426 e. The Balaban J connectivity index is 1.27. The number of aliphatic hydroxyl groups is 1. The van der Waals surface area contributed by atoms with Gasteiger partial charge in [-0.2, -0.15) is 9.37 Å². The minimum absolute atomic E-state index is 0.0991. The van der Waals surface area contributed by atoms with E-state index in [9.17, 15) is 24.0 Å². The maximum Gasteiger partial charge on any atom is 0.377 e. The summed E-state index contributed by atoms with van der Waals surface area (Å²) >= 11 is 10.4. The van der Waals surface area contributed by atoms with E-state index in [1.165, 1.54) is 0 Å². The first kappa shape index (κ1) is 27.7. The predicted molar refractivity (Wildman–Crippen MR) is 138 cm³/mol. The second-order valence-corrected chi connectivity index (χ2v) is 11.9. The topological polar surface area (TPSA) is 207 Å². The molecule has 39 heavy (non-hydrogen) atoms. The van der Waals surface area contributed by atoms with E-state index in [-0.39, 0.29) is 29.4 Å². The van der Waals surface area contributed by atoms with Crippen LogP contribution in [-0.2, 0) is 30.3 Å². The molecule has 2 unspecified atom stereocenters. The number of anilines is 1. The molecule has 0 bridgehead atoms. The summed E-state index contributed by atoms with van der Waals surface area (Å²) in [6.07, 6.45) is -0.162. The Kier molecular flexibility index (Phi) is 7.55. The molecule has 2 aliphatic rings. The highest BCUT2D eigenvalue weighted by molar-refractivity contribution is 8.07. The average molecular weight is 605 g/mol. The Morgan fingerprint density at radius 3 is 2.90 bits per heavy atom. The maximum absolute atomic E-state index is 13.7. The minimum Gasteiger partial charge on any atom is -0.426 e. The van der Waals surface area contributed by atoms with Crippen LogP contribution in [-0.4, -0.2) is 59.4 Å². The molecule has 1 saturated heterocycles. The lowest BCUT2D eigenvalue weighted by Gasteiger charge is -2.22. The Bertz CT molecular complexity index is 1670. The normalized spacial score (nSPS) is 26.6. The Morgan fingerprint density at radius 1 is 1.38 bits per heavy atom. The molecule has 0 amide bonds. The lowest BCUT2D eigenvalue weighted by Crippen LogP contribution is -2.38. The van der Waals surface area contributed by atoms with Crippen LogP contribution in [0.4, 0.5) is 10.3 Å². The van der Waals surface area contributed by atoms with Gasteiger partial charge in [-0.05, 0) is 6.42 Å². The highest BCUT2D eigenvalue weighted by Gasteiger charge is 2.39. The van der Waals surface area contributed by atoms with Gasteiger partial charge < -0.3 is 29.7 Å². The molecule has 0 aliphatic carbocycles. The first-order valence-corrected chi connectivity index (χ1v) is 14.6. The quantitative estimate of drug-likeness (QED) is 0.116. The number of hydrogen-bond donors (Lipinski definition) is 6. The van der Waals surface area contributed by atoms with Crippen molar-refractivity contribution in [2.24, 2.45) is 0 Å². The van der Waals surface area contributed by atoms with Crippen molar-refractivity contribution in [3.05, 3.63) is 55.7 Å². The van der Waals surface area contributed by atoms with Gasteiger partial charge in [0.15, 0.2) is 11.0 Å². The van der Waals surface area contributed by atoms with Crippen LogP contribution < -0.4 is 21.5 Å². The molecular weight excluding hydrogens is 580 g/mol. The molecular formula is C20H24FN7O8PS2+. The summed E-state index contributed by atoms with van der Waals surface area (Å²) in [5, 5.41) is 10.4. The minimum atomic E-state index is -3.91. The number of nitrogens with one attached hydrogen (secondary N) is 3. The molecule has 19 heteroatoms. The third-order valence-corrected chi connectivity index (χ3v) is 7.91. The summed E-state index contributed by atoms with van der Waals surface area (Å²) in [5.41, 5.74) is 4.81. The monoisotopic (exact) mass is 604 g/mol. The van der Waals surface area contributed by atoms with Gasteiger partial charge in [-0.25, -0.2) is 14.3 Å². The number of fused-ring (bicyclic) bond motifs is 1. The van der Waals surface area contributed by atoms with Gasteiger partial charge in [-0.3, -0.25) is 23.9 Å². The smallest absolute Gasteiger partial charge is 0.377 e. The van der Waals surface area contributed by atoms with Gasteiger partial charge in [-0.1, -0.05) is 19.1 Å². The number of ether oxygens (including phenoxy) is 2. The number of imidazole rings is 1. The summed E-state index contributed by atoms with van der Waals surface area (Å²) in [7, 11) is 0. The van der Waals surface area contributed by atoms with E-state index in [1.807, 2.05) is 11.9 Å². The van der Waals surface area contributed by atoms with Crippen LogP contribution in [0.15, 0.2) is 33.9 Å². The molecule has 0 saturated carbocycles. The number of hydrogen-bond acceptors (Lipinski definition) is 11. The lowest BCUT2D eigenvalue weighted by molar-refractivity contribution is -0.728. The summed E-state index contributed by atoms with van der Waals surface area (Å²) in [5.74, 6) is -0.813. The molecule has 3 aromatic rings. The molecule has 5 heterocycles. The fourth-order valence-corrected chi connectivity index (χ4v) is 5.82. The Hall–Kier alpha value is -2.83. The number of H-pyrrole nitrogens is 3. The van der Waals surface area contributed by atoms with E-state index in [4.69, 9.17) is 48.3 Å². The Morgan fingerprint density at radius 2 is 2.15 bits per heavy atom. The van der Waals surface area contributed by atoms with Crippen molar-refractivity contribution in [1.82, 2.24) is 24.5 Å². The van der Waals surface area contributed by atoms with Gasteiger partial charge in [-0.15, -0.1) is 0 Å². The molecule has 6 atom stereocenters. The summed E-state index contributed by atoms with van der Waals surface area (Å²) in [6.45, 7) is -2.44. The standard InChI is InChI=1S/C20H23FN7O8PS2/c1-2-10-11(4-14(34-10)28-7-23-15-16(28)24-19(22)26-18(15)38)36-37(32,39)33-6-12-9(29)3-13(35-12)27-5-8(21)17(30)25-20(27)31/h4-5,7,9-10,12-14,29H,2-3,6H2,1H3,(H5,22,24,25,26,30,31,32,38,39)/p+1/t9?,10-,12-,13-,14-,37?/m1/s1. The molecule has 0 radical (unpaired) electrons. The van der Waals surface area contributed by atoms with Crippen molar-refractivity contribution in [2.45, 2.75) is 50.5 Å². The first-order valence-electron chi connectivity index (χ1n) is 11.6. The van der Waals surface area contributed by atoms with Crippen LogP contribution in [0.5, 0.6) is 0 Å². The summed E-state index contributed by atoms with van der Waals surface area (Å²) in [4.78, 5) is 45.8. The van der Waals surface area contributed by atoms with E-state index >= 15 is 0 Å². The number of halogens is 1. The van der Waals surface area contributed by atoms with Crippen LogP contribution in [0, 0.1) is 10.5 Å². The van der Waals surface area contributed by atoms with Crippen molar-refractivity contribution in [3.8, 4) is 0 Å². The van der Waals surface area contributed by atoms with Gasteiger partial charge in [0.25, 0.3) is 17.2 Å². The van der Waals surface area contributed by atoms with Gasteiger partial charge >= 0.3 is 12.4 Å². The van der Waals surface area contributed by atoms with E-state index in [0.29, 0.717) is 23.8 Å². The summed E-state index contributed by atoms with van der Waals surface area (Å²) < 4.78 is 39.2. The number of nitrogens with two attached hydrogens (primary N) is 1. The number of aromatic amines is 3. The van der Waals surface area contributed by atoms with Gasteiger partial charge in [0, 0.05) is 24.3 Å². The second-order valence-electron chi connectivity index (χ2n) is 8.76. The van der Waals surface area contributed by atoms with Gasteiger partial charge in [0.1, 0.15) is 24.2 Å². The van der Waals surface area contributed by atoms with Crippen LogP contribution in [0.1, 0.15) is 32.2 Å². The SMILES string of the molecule is CC[C@H]1O[C@@H]([n+]2c[nH]c3c(=S)nc(N)[nH]c32)C=C1OP(O)(=S)OC[C@H]1O[C@@H](n2cc(F)c(=O)[nH]c2=O)CC1O. The molecule has 15 nitrogen and oxygen atoms in total. The van der Waals surface area contributed by atoms with Crippen molar-refractivity contribution in [3.63, 3.8) is 0 Å². The third-order valence-electron chi connectivity index (χ3n) is 6.16. The van der Waals surface area contributed by atoms with Crippen molar-refractivity contribution < 1.29 is 37.5 Å². The zero-order chi connectivity index (χ0) is 28.1.